The van der Waals surface area contributed by atoms with Crippen molar-refractivity contribution in [2.24, 2.45) is 40.9 Å². The van der Waals surface area contributed by atoms with Gasteiger partial charge in [-0.05, 0) is 81.4 Å². The Kier molecular flexibility index (Phi) is 11.7. The maximum absolute atomic E-state index is 14.9. The second kappa shape index (κ2) is 16.1. The van der Waals surface area contributed by atoms with E-state index in [9.17, 15) is 39.9 Å². The second-order valence-electron chi connectivity index (χ2n) is 18.3. The highest BCUT2D eigenvalue weighted by molar-refractivity contribution is 6.26. The number of aliphatic hydroxyl groups excluding tert-OH is 4. The van der Waals surface area contributed by atoms with E-state index in [4.69, 9.17) is 14.2 Å². The van der Waals surface area contributed by atoms with Gasteiger partial charge in [0.05, 0.1) is 42.1 Å². The number of aromatic hydroxyl groups is 1. The van der Waals surface area contributed by atoms with Gasteiger partial charge in [0.1, 0.15) is 17.1 Å². The summed E-state index contributed by atoms with van der Waals surface area (Å²) in [6.45, 7) is 14.8. The first kappa shape index (κ1) is 43.0. The number of ketones is 1. The summed E-state index contributed by atoms with van der Waals surface area (Å²) in [4.78, 5) is 42.4. The van der Waals surface area contributed by atoms with Crippen molar-refractivity contribution in [2.45, 2.75) is 136 Å². The van der Waals surface area contributed by atoms with Gasteiger partial charge in [-0.1, -0.05) is 81.9 Å². The molecule has 2 aliphatic heterocycles. The van der Waals surface area contributed by atoms with Crippen LogP contribution in [0.4, 0.5) is 0 Å². The number of nitrogens with one attached hydrogen (secondary N) is 1. The van der Waals surface area contributed by atoms with Crippen molar-refractivity contribution < 1.29 is 54.1 Å². The lowest BCUT2D eigenvalue weighted by atomic mass is 9.49. The lowest BCUT2D eigenvalue weighted by Gasteiger charge is -2.56. The van der Waals surface area contributed by atoms with Crippen LogP contribution in [0.2, 0.25) is 0 Å². The molecule has 12 heteroatoms. The number of Topliss-reactive ketones (excluding diaryl/α,β-unsaturated/α-hetero) is 1. The van der Waals surface area contributed by atoms with Gasteiger partial charge < -0.3 is 45.1 Å². The quantitative estimate of drug-likeness (QED) is 0.121. The molecule has 2 heterocycles. The number of carbonyl (C=O) groups excluding carboxylic acids is 3. The predicted molar refractivity (Wildman–Crippen MR) is 219 cm³/mol. The molecular formula is C47H61NO11. The first-order valence-corrected chi connectivity index (χ1v) is 21.2. The van der Waals surface area contributed by atoms with Crippen molar-refractivity contribution in [1.29, 1.82) is 0 Å². The van der Waals surface area contributed by atoms with Crippen LogP contribution in [-0.4, -0.2) is 91.6 Å². The van der Waals surface area contributed by atoms with Crippen molar-refractivity contribution in [2.75, 3.05) is 0 Å². The van der Waals surface area contributed by atoms with E-state index >= 15 is 0 Å². The molecule has 1 aromatic rings. The molecule has 15 atom stereocenters. The molecule has 6 aliphatic rings. The fraction of sp³-hybridized carbons (Fsp3) is 0.596. The Morgan fingerprint density at radius 2 is 1.68 bits per heavy atom. The second-order valence-corrected chi connectivity index (χ2v) is 18.3. The molecule has 1 aromatic carbocycles. The van der Waals surface area contributed by atoms with Gasteiger partial charge >= 0.3 is 5.97 Å². The molecule has 0 aromatic heterocycles. The Labute approximate surface area is 346 Å². The zero-order valence-corrected chi connectivity index (χ0v) is 35.3. The van der Waals surface area contributed by atoms with Crippen molar-refractivity contribution in [1.82, 2.24) is 5.32 Å². The number of fused-ring (bicyclic) bond motifs is 4. The minimum absolute atomic E-state index is 0.0299. The monoisotopic (exact) mass is 815 g/mol. The number of carbonyl (C=O) groups is 3. The Bertz CT molecular complexity index is 2020. The van der Waals surface area contributed by atoms with Crippen LogP contribution in [0.15, 0.2) is 71.1 Å². The summed E-state index contributed by atoms with van der Waals surface area (Å²) >= 11 is 0. The maximum atomic E-state index is 14.9. The first-order chi connectivity index (χ1) is 27.8. The Morgan fingerprint density at radius 3 is 2.37 bits per heavy atom. The summed E-state index contributed by atoms with van der Waals surface area (Å²) in [5, 5.41) is 59.9. The zero-order chi connectivity index (χ0) is 42.9. The number of aryl methyl sites for hydroxylation is 2. The average molecular weight is 816 g/mol. The van der Waals surface area contributed by atoms with E-state index in [1.165, 1.54) is 0 Å². The summed E-state index contributed by atoms with van der Waals surface area (Å²) in [6.07, 6.45) is 7.84. The predicted octanol–water partition coefficient (Wildman–Crippen LogP) is 5.75. The van der Waals surface area contributed by atoms with E-state index < -0.39 is 95.2 Å². The third-order valence-electron chi connectivity index (χ3n) is 14.4. The fourth-order valence-corrected chi connectivity index (χ4v) is 11.3. The lowest BCUT2D eigenvalue weighted by molar-refractivity contribution is -0.231. The number of hydrogen-bond acceptors (Lipinski definition) is 11. The summed E-state index contributed by atoms with van der Waals surface area (Å²) in [7, 11) is 0. The van der Waals surface area contributed by atoms with E-state index in [-0.39, 0.29) is 53.7 Å². The highest BCUT2D eigenvalue weighted by Gasteiger charge is 2.63. The molecule has 1 spiro atoms. The van der Waals surface area contributed by atoms with Crippen molar-refractivity contribution >= 4 is 17.7 Å². The van der Waals surface area contributed by atoms with Gasteiger partial charge in [-0.2, -0.15) is 0 Å². The standard InChI is InChI=1S/C47H61NO11/c1-9-28-19-30-38(26(6)18-33(50)41(30)52)46(8)31(28)11-10-12-34(25(5)17-29-16-13-22(2)21-47(29)43(54)37(42(46)53)45(56)59-47)58-35-20-32(49)39(27(7)57-35)48-44(55)36-23(3)14-15-24(4)40(36)51/h10-11,13-17,19,22,26-27,29-35,38-39,41,49-53H,9,12,18,20-21H2,1-8H3,(H,48,55)/b11-10-,25-17+,42-37-/t22-,26+,27-,29+,30+,31?,32+,33+,34-,35+,38-,39-,41-,46-,47-/m1/s1. The molecule has 1 amide bonds. The highest BCUT2D eigenvalue weighted by atomic mass is 16.7. The summed E-state index contributed by atoms with van der Waals surface area (Å²) in [5.41, 5.74) is -0.272. The van der Waals surface area contributed by atoms with Crippen molar-refractivity contribution in [3.8, 4) is 5.75 Å². The van der Waals surface area contributed by atoms with Gasteiger partial charge in [0.2, 0.25) is 5.78 Å². The molecular weight excluding hydrogens is 755 g/mol. The summed E-state index contributed by atoms with van der Waals surface area (Å²) in [6, 6.07) is 2.70. The summed E-state index contributed by atoms with van der Waals surface area (Å²) in [5.74, 6) is -4.91. The Hall–Kier alpha value is -4.07. The maximum Gasteiger partial charge on any atom is 0.346 e. The normalized spacial score (nSPS) is 43.6. The van der Waals surface area contributed by atoms with Crippen LogP contribution in [-0.2, 0) is 23.8 Å². The molecule has 59 heavy (non-hydrogen) atoms. The topological polar surface area (TPSA) is 192 Å². The van der Waals surface area contributed by atoms with Gasteiger partial charge in [-0.3, -0.25) is 9.59 Å². The third-order valence-corrected chi connectivity index (χ3v) is 14.4. The molecule has 2 saturated heterocycles. The van der Waals surface area contributed by atoms with Crippen molar-refractivity contribution in [3.63, 3.8) is 0 Å². The number of benzene rings is 1. The lowest BCUT2D eigenvalue weighted by Crippen LogP contribution is -2.56. The number of hydrogen-bond donors (Lipinski definition) is 6. The molecule has 0 radical (unpaired) electrons. The number of rotatable bonds is 5. The molecule has 7 rings (SSSR count). The Balaban J connectivity index is 1.26. The largest absolute Gasteiger partial charge is 0.511 e. The SMILES string of the molecule is CCC1=C[C@@H]2[C@@H](O)[C@@H](O)C[C@H](C)[C@H]2[C@]2(C)/C(O)=C3/C(=O)O[C@@]4(C[C@H](C)C=C[C@H]4/C=C(\C)[C@H](O[C@H]4C[C@H](O)[C@H](NC(=O)c5c(C)ccc(C)c5O)[C@@H](C)O4)C/C=C\C12)C3=O. The highest BCUT2D eigenvalue weighted by Crippen LogP contribution is 2.60. The molecule has 6 N–H and O–H groups in total. The molecule has 1 unspecified atom stereocenters. The van der Waals surface area contributed by atoms with Gasteiger partial charge in [-0.25, -0.2) is 4.79 Å². The van der Waals surface area contributed by atoms with E-state index in [0.29, 0.717) is 24.0 Å². The number of esters is 1. The number of phenols is 1. The molecule has 320 valence electrons. The molecule has 1 saturated carbocycles. The fourth-order valence-electron chi connectivity index (χ4n) is 11.3. The number of allylic oxidation sites excluding steroid dienone is 4. The van der Waals surface area contributed by atoms with Crippen LogP contribution in [0.25, 0.3) is 0 Å². The van der Waals surface area contributed by atoms with Gasteiger partial charge in [0.25, 0.3) is 5.91 Å². The van der Waals surface area contributed by atoms with Gasteiger partial charge in [-0.15, -0.1) is 0 Å². The van der Waals surface area contributed by atoms with Gasteiger partial charge in [0.15, 0.2) is 11.9 Å². The molecule has 4 aliphatic carbocycles. The molecule has 12 nitrogen and oxygen atoms in total. The van der Waals surface area contributed by atoms with E-state index in [2.05, 4.69) is 5.32 Å². The number of ether oxygens (including phenoxy) is 3. The smallest absolute Gasteiger partial charge is 0.346 e. The van der Waals surface area contributed by atoms with Crippen LogP contribution in [0.5, 0.6) is 5.75 Å². The Morgan fingerprint density at radius 1 is 0.966 bits per heavy atom. The van der Waals surface area contributed by atoms with Crippen molar-refractivity contribution in [3.05, 3.63) is 87.8 Å². The van der Waals surface area contributed by atoms with Crippen LogP contribution < -0.4 is 5.32 Å². The minimum atomic E-state index is -1.61. The number of aliphatic hydroxyl groups is 4. The third kappa shape index (κ3) is 7.22. The minimum Gasteiger partial charge on any atom is -0.511 e. The number of phenolic OH excluding ortho intramolecular Hbond substituents is 1. The van der Waals surface area contributed by atoms with Crippen LogP contribution >= 0.6 is 0 Å². The average Bonchev–Trinajstić information content (AvgIpc) is 3.41. The molecule has 2 bridgehead atoms. The van der Waals surface area contributed by atoms with E-state index in [0.717, 1.165) is 11.1 Å². The van der Waals surface area contributed by atoms with E-state index in [1.54, 1.807) is 32.9 Å². The number of amides is 1. The van der Waals surface area contributed by atoms with Crippen LogP contribution in [0.3, 0.4) is 0 Å². The van der Waals surface area contributed by atoms with Crippen LogP contribution in [0, 0.1) is 54.8 Å². The van der Waals surface area contributed by atoms with Crippen LogP contribution in [0.1, 0.15) is 95.1 Å². The first-order valence-electron chi connectivity index (χ1n) is 21.2. The van der Waals surface area contributed by atoms with E-state index in [1.807, 2.05) is 71.1 Å². The summed E-state index contributed by atoms with van der Waals surface area (Å²) < 4.78 is 19.2. The molecule has 3 fully saturated rings. The zero-order valence-electron chi connectivity index (χ0n) is 35.3. The van der Waals surface area contributed by atoms with Gasteiger partial charge in [0, 0.05) is 36.0 Å².